The van der Waals surface area contributed by atoms with E-state index in [1.807, 2.05) is 12.1 Å². The van der Waals surface area contributed by atoms with Gasteiger partial charge in [0, 0.05) is 12.7 Å². The number of aliphatic hydroxyl groups excluding tert-OH is 1. The summed E-state index contributed by atoms with van der Waals surface area (Å²) >= 11 is 0. The van der Waals surface area contributed by atoms with Gasteiger partial charge >= 0.3 is 5.97 Å². The van der Waals surface area contributed by atoms with E-state index in [4.69, 9.17) is 28.4 Å². The van der Waals surface area contributed by atoms with Crippen LogP contribution in [0.1, 0.15) is 30.4 Å². The molecule has 0 saturated heterocycles. The van der Waals surface area contributed by atoms with Crippen molar-refractivity contribution in [2.75, 3.05) is 41.3 Å². The molecule has 1 saturated carbocycles. The van der Waals surface area contributed by atoms with E-state index < -0.39 is 17.6 Å². The lowest BCUT2D eigenvalue weighted by atomic mass is 9.54. The lowest BCUT2D eigenvalue weighted by Gasteiger charge is -2.51. The molecular weight excluding hydrogens is 392 g/mol. The van der Waals surface area contributed by atoms with Crippen LogP contribution in [0, 0.1) is 5.92 Å². The van der Waals surface area contributed by atoms with Crippen molar-refractivity contribution in [3.8, 4) is 11.5 Å². The van der Waals surface area contributed by atoms with Crippen molar-refractivity contribution in [2.24, 2.45) is 5.92 Å². The average Bonchev–Trinajstić information content (AvgIpc) is 3.09. The molecule has 5 atom stereocenters. The Hall–Kier alpha value is -1.87. The van der Waals surface area contributed by atoms with E-state index >= 15 is 0 Å². The fourth-order valence-corrected chi connectivity index (χ4v) is 5.54. The molecule has 1 heterocycles. The average molecular weight is 422 g/mol. The molecular formula is C22H30O8. The number of benzene rings is 1. The van der Waals surface area contributed by atoms with Crippen LogP contribution in [0.4, 0.5) is 0 Å². The Kier molecular flexibility index (Phi) is 6.20. The molecule has 0 amide bonds. The summed E-state index contributed by atoms with van der Waals surface area (Å²) in [6, 6.07) is 3.81. The number of esters is 1. The zero-order valence-electron chi connectivity index (χ0n) is 17.7. The van der Waals surface area contributed by atoms with Crippen molar-refractivity contribution < 1.29 is 38.3 Å². The molecule has 8 nitrogen and oxygen atoms in total. The Balaban J connectivity index is 1.72. The van der Waals surface area contributed by atoms with Gasteiger partial charge in [-0.3, -0.25) is 4.79 Å². The quantitative estimate of drug-likeness (QED) is 0.364. The molecule has 3 aliphatic rings. The molecule has 2 aliphatic carbocycles. The van der Waals surface area contributed by atoms with Crippen LogP contribution < -0.4 is 9.47 Å². The van der Waals surface area contributed by atoms with Crippen molar-refractivity contribution in [3.05, 3.63) is 23.3 Å². The Bertz CT molecular complexity index is 781. The first-order chi connectivity index (χ1) is 14.6. The molecule has 1 aliphatic heterocycles. The van der Waals surface area contributed by atoms with Crippen LogP contribution in [-0.2, 0) is 35.6 Å². The molecule has 0 bridgehead atoms. The second-order valence-corrected chi connectivity index (χ2v) is 8.14. The van der Waals surface area contributed by atoms with Crippen molar-refractivity contribution in [3.63, 3.8) is 0 Å². The lowest BCUT2D eigenvalue weighted by Crippen LogP contribution is -2.61. The van der Waals surface area contributed by atoms with Gasteiger partial charge in [0.25, 0.3) is 0 Å². The predicted octanol–water partition coefficient (Wildman–Crippen LogP) is 1.59. The van der Waals surface area contributed by atoms with Crippen molar-refractivity contribution >= 4 is 5.97 Å². The Morgan fingerprint density at radius 1 is 1.23 bits per heavy atom. The second kappa shape index (κ2) is 8.70. The summed E-state index contributed by atoms with van der Waals surface area (Å²) in [5.74, 6) is 0.812. The Labute approximate surface area is 176 Å². The number of carbonyl (C=O) groups excluding carboxylic acids is 1. The summed E-state index contributed by atoms with van der Waals surface area (Å²) in [6.45, 7) is 1.03. The molecule has 1 aromatic rings. The van der Waals surface area contributed by atoms with Crippen molar-refractivity contribution in [1.82, 2.24) is 0 Å². The van der Waals surface area contributed by atoms with E-state index in [9.17, 15) is 9.90 Å². The highest BCUT2D eigenvalue weighted by Gasteiger charge is 2.64. The summed E-state index contributed by atoms with van der Waals surface area (Å²) in [4.78, 5) is 12.5. The largest absolute Gasteiger partial charge is 0.493 e. The molecule has 8 heteroatoms. The molecule has 1 fully saturated rings. The SMILES string of the molecule is COCCOCO[C@H]1CC[C@@H]2[C@@H](O)Cc3ccc(OC)c4c3[C@]2(CC(=O)OC)[C@@H]1O4. The van der Waals surface area contributed by atoms with Gasteiger partial charge in [0.1, 0.15) is 12.9 Å². The molecule has 0 aromatic heterocycles. The van der Waals surface area contributed by atoms with E-state index in [0.717, 1.165) is 17.5 Å². The van der Waals surface area contributed by atoms with E-state index in [-0.39, 0.29) is 31.2 Å². The van der Waals surface area contributed by atoms with Gasteiger partial charge < -0.3 is 33.5 Å². The minimum atomic E-state index is -0.723. The number of ether oxygens (including phenoxy) is 6. The van der Waals surface area contributed by atoms with Gasteiger partial charge in [-0.05, 0) is 36.8 Å². The van der Waals surface area contributed by atoms with Gasteiger partial charge in [0.2, 0.25) is 0 Å². The minimum absolute atomic E-state index is 0.107. The zero-order chi connectivity index (χ0) is 21.3. The highest BCUT2D eigenvalue weighted by atomic mass is 16.7. The predicted molar refractivity (Wildman–Crippen MR) is 106 cm³/mol. The summed E-state index contributed by atoms with van der Waals surface area (Å²) in [5.41, 5.74) is 1.22. The van der Waals surface area contributed by atoms with Gasteiger partial charge in [-0.15, -0.1) is 0 Å². The molecule has 0 unspecified atom stereocenters. The number of methoxy groups -OCH3 is 3. The molecule has 30 heavy (non-hydrogen) atoms. The van der Waals surface area contributed by atoms with Crippen LogP contribution in [-0.4, -0.2) is 70.7 Å². The highest BCUT2D eigenvalue weighted by molar-refractivity contribution is 5.74. The maximum absolute atomic E-state index is 12.5. The standard InChI is InChI=1S/C22H30O8/c1-25-8-9-28-12-29-17-7-5-14-15(23)10-13-4-6-16(26-2)20-19(13)22(14,21(17)30-20)11-18(24)27-3/h4,6,14-15,17,21,23H,5,7-12H2,1-3H3/t14-,15+,17+,21-,22-/m1/s1. The van der Waals surface area contributed by atoms with Crippen LogP contribution >= 0.6 is 0 Å². The fourth-order valence-electron chi connectivity index (χ4n) is 5.54. The zero-order valence-corrected chi connectivity index (χ0v) is 17.7. The molecule has 166 valence electrons. The summed E-state index contributed by atoms with van der Waals surface area (Å²) < 4.78 is 33.6. The number of aliphatic hydroxyl groups is 1. The summed E-state index contributed by atoms with van der Waals surface area (Å²) in [7, 11) is 4.60. The topological polar surface area (TPSA) is 92.7 Å². The number of carbonyl (C=O) groups is 1. The van der Waals surface area contributed by atoms with Crippen LogP contribution in [0.2, 0.25) is 0 Å². The normalized spacial score (nSPS) is 31.1. The van der Waals surface area contributed by atoms with Gasteiger partial charge in [0.05, 0.1) is 51.5 Å². The first-order valence-corrected chi connectivity index (χ1v) is 10.4. The van der Waals surface area contributed by atoms with Crippen molar-refractivity contribution in [1.29, 1.82) is 0 Å². The first kappa shape index (κ1) is 21.4. The monoisotopic (exact) mass is 422 g/mol. The minimum Gasteiger partial charge on any atom is -0.493 e. The molecule has 1 N–H and O–H groups in total. The number of rotatable bonds is 9. The van der Waals surface area contributed by atoms with Gasteiger partial charge in [-0.2, -0.15) is 0 Å². The van der Waals surface area contributed by atoms with Crippen LogP contribution in [0.3, 0.4) is 0 Å². The fraction of sp³-hybridized carbons (Fsp3) is 0.682. The molecule has 1 aromatic carbocycles. The van der Waals surface area contributed by atoms with E-state index in [2.05, 4.69) is 0 Å². The molecule has 4 rings (SSSR count). The van der Waals surface area contributed by atoms with Crippen LogP contribution in [0.15, 0.2) is 12.1 Å². The number of hydrogen-bond donors (Lipinski definition) is 1. The summed E-state index contributed by atoms with van der Waals surface area (Å²) in [6.07, 6.45) is 0.775. The van der Waals surface area contributed by atoms with Gasteiger partial charge in [-0.1, -0.05) is 6.07 Å². The van der Waals surface area contributed by atoms with Crippen molar-refractivity contribution in [2.45, 2.75) is 49.4 Å². The third-order valence-electron chi connectivity index (χ3n) is 6.76. The van der Waals surface area contributed by atoms with E-state index in [1.165, 1.54) is 7.11 Å². The Morgan fingerprint density at radius 3 is 2.80 bits per heavy atom. The highest BCUT2D eigenvalue weighted by Crippen LogP contribution is 2.62. The second-order valence-electron chi connectivity index (χ2n) is 8.14. The van der Waals surface area contributed by atoms with E-state index in [0.29, 0.717) is 37.6 Å². The summed E-state index contributed by atoms with van der Waals surface area (Å²) in [5, 5.41) is 11.0. The third-order valence-corrected chi connectivity index (χ3v) is 6.76. The molecule has 0 radical (unpaired) electrons. The maximum Gasteiger partial charge on any atom is 0.306 e. The molecule has 0 spiro atoms. The van der Waals surface area contributed by atoms with Gasteiger partial charge in [0.15, 0.2) is 11.5 Å². The smallest absolute Gasteiger partial charge is 0.306 e. The van der Waals surface area contributed by atoms with E-state index in [1.54, 1.807) is 14.2 Å². The first-order valence-electron chi connectivity index (χ1n) is 10.4. The van der Waals surface area contributed by atoms with Crippen LogP contribution in [0.5, 0.6) is 11.5 Å². The third kappa shape index (κ3) is 3.36. The number of hydrogen-bond acceptors (Lipinski definition) is 8. The Morgan fingerprint density at radius 2 is 2.07 bits per heavy atom. The van der Waals surface area contributed by atoms with Crippen LogP contribution in [0.25, 0.3) is 0 Å². The maximum atomic E-state index is 12.5. The lowest BCUT2D eigenvalue weighted by molar-refractivity contribution is -0.169. The van der Waals surface area contributed by atoms with Gasteiger partial charge in [-0.25, -0.2) is 0 Å².